The predicted octanol–water partition coefficient (Wildman–Crippen LogP) is -1.40. The highest BCUT2D eigenvalue weighted by Crippen LogP contribution is 2.38. The molecule has 0 unspecified atom stereocenters. The minimum Gasteiger partial charge on any atom is -0.390 e. The monoisotopic (exact) mass is 322 g/mol. The summed E-state index contributed by atoms with van der Waals surface area (Å²) in [6.07, 6.45) is -1.57. The smallest absolute Gasteiger partial charge is 0.390 e. The summed E-state index contributed by atoms with van der Waals surface area (Å²) in [6.45, 7) is 0.994. The van der Waals surface area contributed by atoms with Crippen LogP contribution in [0.5, 0.6) is 0 Å². The largest absolute Gasteiger partial charge is 0.469 e. The highest BCUT2D eigenvalue weighted by Gasteiger charge is 2.37. The van der Waals surface area contributed by atoms with Crippen LogP contribution in [0.4, 0.5) is 0 Å². The molecule has 11 heteroatoms. The zero-order valence-corrected chi connectivity index (χ0v) is 11.9. The SMILES string of the molecule is Cc1cn([C@@H]2C[C@@H](O)[C@@H](COP(=O)(O)O)O2)c(=O)[nH]c1=O. The molecule has 0 radical (unpaired) electrons. The molecule has 118 valence electrons. The van der Waals surface area contributed by atoms with Gasteiger partial charge in [-0.05, 0) is 6.92 Å². The second-order valence-electron chi connectivity index (χ2n) is 4.70. The molecule has 0 saturated carbocycles. The Bertz CT molecular complexity index is 676. The lowest BCUT2D eigenvalue weighted by atomic mass is 10.2. The summed E-state index contributed by atoms with van der Waals surface area (Å²) in [5.74, 6) is 0. The van der Waals surface area contributed by atoms with E-state index >= 15 is 0 Å². The van der Waals surface area contributed by atoms with Crippen LogP contribution in [0.25, 0.3) is 0 Å². The highest BCUT2D eigenvalue weighted by molar-refractivity contribution is 7.46. The number of phosphoric ester groups is 1. The number of aromatic nitrogens is 2. The van der Waals surface area contributed by atoms with Gasteiger partial charge in [-0.25, -0.2) is 9.36 Å². The standard InChI is InChI=1S/C10H15N2O8P/c1-5-3-12(10(15)11-9(5)14)8-2-6(13)7(20-8)4-19-21(16,17)18/h3,6-8,13H,2,4H2,1H3,(H,11,14,15)(H2,16,17,18)/t6-,7-,8+/m1/s1. The fraction of sp³-hybridized carbons (Fsp3) is 0.600. The number of aromatic amines is 1. The first-order valence-corrected chi connectivity index (χ1v) is 7.56. The molecular weight excluding hydrogens is 307 g/mol. The third kappa shape index (κ3) is 3.88. The van der Waals surface area contributed by atoms with Gasteiger partial charge < -0.3 is 19.6 Å². The molecule has 21 heavy (non-hydrogen) atoms. The maximum atomic E-state index is 11.7. The second kappa shape index (κ2) is 5.84. The number of aliphatic hydroxyl groups excluding tert-OH is 1. The molecule has 1 aliphatic heterocycles. The van der Waals surface area contributed by atoms with Crippen molar-refractivity contribution in [1.82, 2.24) is 9.55 Å². The Morgan fingerprint density at radius 3 is 2.81 bits per heavy atom. The van der Waals surface area contributed by atoms with Crippen molar-refractivity contribution < 1.29 is 28.7 Å². The first-order chi connectivity index (χ1) is 9.67. The van der Waals surface area contributed by atoms with E-state index in [2.05, 4.69) is 9.51 Å². The van der Waals surface area contributed by atoms with Gasteiger partial charge in [0.25, 0.3) is 5.56 Å². The van der Waals surface area contributed by atoms with Crippen molar-refractivity contribution in [3.8, 4) is 0 Å². The lowest BCUT2D eigenvalue weighted by Gasteiger charge is -2.16. The lowest BCUT2D eigenvalue weighted by Crippen LogP contribution is -2.33. The zero-order chi connectivity index (χ0) is 15.8. The Balaban J connectivity index is 2.14. The van der Waals surface area contributed by atoms with Gasteiger partial charge in [-0.15, -0.1) is 0 Å². The summed E-state index contributed by atoms with van der Waals surface area (Å²) in [5.41, 5.74) is -0.918. The molecule has 4 N–H and O–H groups in total. The molecule has 2 heterocycles. The van der Waals surface area contributed by atoms with Crippen LogP contribution in [0.1, 0.15) is 18.2 Å². The maximum absolute atomic E-state index is 11.7. The minimum atomic E-state index is -4.67. The number of aliphatic hydroxyl groups is 1. The second-order valence-corrected chi connectivity index (χ2v) is 5.94. The first-order valence-electron chi connectivity index (χ1n) is 6.03. The Hall–Kier alpha value is -1.29. The molecule has 0 aromatic carbocycles. The van der Waals surface area contributed by atoms with Gasteiger partial charge in [0.05, 0.1) is 12.7 Å². The van der Waals surface area contributed by atoms with Gasteiger partial charge >= 0.3 is 13.5 Å². The molecule has 2 rings (SSSR count). The Labute approximate surface area is 118 Å². The Kier molecular flexibility index (Phi) is 4.47. The van der Waals surface area contributed by atoms with Crippen molar-refractivity contribution in [3.05, 3.63) is 32.6 Å². The van der Waals surface area contributed by atoms with E-state index in [-0.39, 0.29) is 6.42 Å². The van der Waals surface area contributed by atoms with Gasteiger partial charge in [0.15, 0.2) is 0 Å². The molecule has 1 saturated heterocycles. The zero-order valence-electron chi connectivity index (χ0n) is 11.0. The van der Waals surface area contributed by atoms with Gasteiger partial charge in [-0.2, -0.15) is 0 Å². The van der Waals surface area contributed by atoms with Gasteiger partial charge in [-0.1, -0.05) is 0 Å². The summed E-state index contributed by atoms with van der Waals surface area (Å²) in [6, 6.07) is 0. The van der Waals surface area contributed by atoms with Crippen LogP contribution in [0.15, 0.2) is 15.8 Å². The van der Waals surface area contributed by atoms with E-state index in [1.165, 1.54) is 13.1 Å². The number of hydrogen-bond acceptors (Lipinski definition) is 6. The number of nitrogens with one attached hydrogen (secondary N) is 1. The van der Waals surface area contributed by atoms with Gasteiger partial charge in [0.1, 0.15) is 12.3 Å². The summed E-state index contributed by atoms with van der Waals surface area (Å²) in [5, 5.41) is 9.79. The number of phosphoric acid groups is 1. The lowest BCUT2D eigenvalue weighted by molar-refractivity contribution is -0.0451. The van der Waals surface area contributed by atoms with E-state index in [0.29, 0.717) is 5.56 Å². The van der Waals surface area contributed by atoms with E-state index in [9.17, 15) is 19.3 Å². The normalized spacial score (nSPS) is 26.2. The van der Waals surface area contributed by atoms with Gasteiger partial charge in [-0.3, -0.25) is 18.9 Å². The molecule has 10 nitrogen and oxygen atoms in total. The van der Waals surface area contributed by atoms with E-state index in [1.54, 1.807) is 0 Å². The maximum Gasteiger partial charge on any atom is 0.469 e. The van der Waals surface area contributed by atoms with Crippen LogP contribution in [0, 0.1) is 6.92 Å². The molecule has 1 aromatic heterocycles. The topological polar surface area (TPSA) is 151 Å². The molecule has 1 fully saturated rings. The van der Waals surface area contributed by atoms with E-state index < -0.39 is 44.1 Å². The van der Waals surface area contributed by atoms with Crippen molar-refractivity contribution in [3.63, 3.8) is 0 Å². The Morgan fingerprint density at radius 1 is 1.52 bits per heavy atom. The van der Waals surface area contributed by atoms with E-state index in [4.69, 9.17) is 14.5 Å². The fourth-order valence-electron chi connectivity index (χ4n) is 2.01. The molecule has 3 atom stereocenters. The number of nitrogens with zero attached hydrogens (tertiary/aromatic N) is 1. The van der Waals surface area contributed by atoms with Crippen molar-refractivity contribution >= 4 is 7.82 Å². The minimum absolute atomic E-state index is 0.0283. The van der Waals surface area contributed by atoms with Crippen LogP contribution in [-0.2, 0) is 13.8 Å². The van der Waals surface area contributed by atoms with Crippen molar-refractivity contribution in [2.75, 3.05) is 6.61 Å². The van der Waals surface area contributed by atoms with E-state index in [0.717, 1.165) is 4.57 Å². The van der Waals surface area contributed by atoms with Crippen molar-refractivity contribution in [2.24, 2.45) is 0 Å². The van der Waals surface area contributed by atoms with Crippen molar-refractivity contribution in [1.29, 1.82) is 0 Å². The third-order valence-corrected chi connectivity index (χ3v) is 3.55. The average Bonchev–Trinajstić information content (AvgIpc) is 2.72. The third-order valence-electron chi connectivity index (χ3n) is 3.07. The van der Waals surface area contributed by atoms with E-state index in [1.807, 2.05) is 0 Å². The Morgan fingerprint density at radius 2 is 2.19 bits per heavy atom. The summed E-state index contributed by atoms with van der Waals surface area (Å²) in [4.78, 5) is 42.3. The molecule has 0 spiro atoms. The fourth-order valence-corrected chi connectivity index (χ4v) is 2.35. The quantitative estimate of drug-likeness (QED) is 0.494. The first kappa shape index (κ1) is 16.1. The van der Waals surface area contributed by atoms with Crippen LogP contribution in [0.2, 0.25) is 0 Å². The molecule has 1 aliphatic rings. The number of ether oxygens (including phenoxy) is 1. The molecule has 1 aromatic rings. The summed E-state index contributed by atoms with van der Waals surface area (Å²) in [7, 11) is -4.67. The van der Waals surface area contributed by atoms with Crippen LogP contribution in [-0.4, -0.2) is 43.3 Å². The van der Waals surface area contributed by atoms with Crippen LogP contribution < -0.4 is 11.2 Å². The predicted molar refractivity (Wildman–Crippen MR) is 68.6 cm³/mol. The molecular formula is C10H15N2O8P. The highest BCUT2D eigenvalue weighted by atomic mass is 31.2. The number of rotatable bonds is 4. The van der Waals surface area contributed by atoms with Crippen molar-refractivity contribution in [2.45, 2.75) is 31.8 Å². The van der Waals surface area contributed by atoms with Gasteiger partial charge in [0, 0.05) is 18.2 Å². The molecule has 0 aliphatic carbocycles. The number of H-pyrrole nitrogens is 1. The molecule has 0 amide bonds. The summed E-state index contributed by atoms with van der Waals surface area (Å²) >= 11 is 0. The summed E-state index contributed by atoms with van der Waals surface area (Å²) < 4.78 is 21.4. The van der Waals surface area contributed by atoms with Crippen LogP contribution in [0.3, 0.4) is 0 Å². The van der Waals surface area contributed by atoms with Crippen LogP contribution >= 0.6 is 7.82 Å². The van der Waals surface area contributed by atoms with Gasteiger partial charge in [0.2, 0.25) is 0 Å². The number of aryl methyl sites for hydroxylation is 1. The number of hydrogen-bond donors (Lipinski definition) is 4. The molecule has 0 bridgehead atoms. The average molecular weight is 322 g/mol.